The van der Waals surface area contributed by atoms with Crippen LogP contribution in [0.3, 0.4) is 0 Å². The third kappa shape index (κ3) is 3.25. The van der Waals surface area contributed by atoms with E-state index in [1.165, 1.54) is 20.3 Å². The van der Waals surface area contributed by atoms with Crippen molar-refractivity contribution < 1.29 is 28.9 Å². The number of Topliss-reactive ketones (excluding diaryl/α,β-unsaturated/α-hetero) is 1. The summed E-state index contributed by atoms with van der Waals surface area (Å²) in [5.41, 5.74) is 6.83. The lowest BCUT2D eigenvalue weighted by Crippen LogP contribution is -2.35. The summed E-state index contributed by atoms with van der Waals surface area (Å²) in [6, 6.07) is 4.66. The maximum absolute atomic E-state index is 13.0. The molecule has 0 amide bonds. The van der Waals surface area contributed by atoms with Crippen LogP contribution in [-0.4, -0.2) is 31.1 Å². The van der Waals surface area contributed by atoms with Gasteiger partial charge in [-0.1, -0.05) is 19.9 Å². The van der Waals surface area contributed by atoms with E-state index < -0.39 is 11.9 Å². The minimum absolute atomic E-state index is 0.0461. The van der Waals surface area contributed by atoms with Gasteiger partial charge in [-0.05, 0) is 23.1 Å². The van der Waals surface area contributed by atoms with E-state index in [2.05, 4.69) is 0 Å². The van der Waals surface area contributed by atoms with Crippen LogP contribution in [0.25, 0.3) is 0 Å². The highest BCUT2D eigenvalue weighted by Crippen LogP contribution is 2.49. The summed E-state index contributed by atoms with van der Waals surface area (Å²) in [6.45, 7) is 3.96. The van der Waals surface area contributed by atoms with Crippen LogP contribution in [-0.2, 0) is 19.1 Å². The van der Waals surface area contributed by atoms with Crippen molar-refractivity contribution in [2.24, 2.45) is 11.1 Å². The number of benzene rings is 1. The lowest BCUT2D eigenvalue weighted by Gasteiger charge is -2.37. The predicted octanol–water partition coefficient (Wildman–Crippen LogP) is 2.50. The fourth-order valence-electron chi connectivity index (χ4n) is 3.70. The molecule has 1 atom stereocenters. The Morgan fingerprint density at radius 2 is 2.00 bits per heavy atom. The fraction of sp³-hybridized carbons (Fsp3) is 0.400. The molecule has 144 valence electrons. The number of hydrogen-bond acceptors (Lipinski definition) is 7. The molecule has 3 rings (SSSR count). The summed E-state index contributed by atoms with van der Waals surface area (Å²) in [5, 5.41) is 9.90. The van der Waals surface area contributed by atoms with E-state index in [0.717, 1.165) is 0 Å². The molecule has 0 saturated heterocycles. The SMILES string of the molecule is COC(=O)C1=C(N)OC2=C(C(=O)CC(C)(C)C2)C1c1ccc(O)c(OC)c1. The van der Waals surface area contributed by atoms with E-state index in [4.69, 9.17) is 19.9 Å². The number of carbonyl (C=O) groups is 2. The first-order chi connectivity index (χ1) is 12.7. The summed E-state index contributed by atoms with van der Waals surface area (Å²) in [7, 11) is 2.67. The molecule has 7 heteroatoms. The van der Waals surface area contributed by atoms with Gasteiger partial charge < -0.3 is 25.1 Å². The quantitative estimate of drug-likeness (QED) is 0.784. The van der Waals surface area contributed by atoms with Crippen LogP contribution < -0.4 is 10.5 Å². The molecule has 0 radical (unpaired) electrons. The van der Waals surface area contributed by atoms with Crippen molar-refractivity contribution in [3.8, 4) is 11.5 Å². The third-order valence-electron chi connectivity index (χ3n) is 4.90. The van der Waals surface area contributed by atoms with Crippen molar-refractivity contribution in [1.29, 1.82) is 0 Å². The molecule has 0 saturated carbocycles. The molecular formula is C20H23NO6. The number of phenolic OH excluding ortho intramolecular Hbond substituents is 1. The van der Waals surface area contributed by atoms with Gasteiger partial charge in [-0.15, -0.1) is 0 Å². The maximum atomic E-state index is 13.0. The monoisotopic (exact) mass is 373 g/mol. The van der Waals surface area contributed by atoms with Crippen molar-refractivity contribution in [3.05, 3.63) is 46.6 Å². The zero-order chi connectivity index (χ0) is 19.9. The number of phenols is 1. The topological polar surface area (TPSA) is 108 Å². The maximum Gasteiger partial charge on any atom is 0.340 e. The Labute approximate surface area is 157 Å². The Hall–Kier alpha value is -2.96. The Bertz CT molecular complexity index is 880. The molecule has 1 aromatic carbocycles. The molecule has 0 spiro atoms. The lowest BCUT2D eigenvalue weighted by atomic mass is 9.70. The molecule has 1 heterocycles. The number of allylic oxidation sites excluding steroid dienone is 2. The number of carbonyl (C=O) groups excluding carboxylic acids is 2. The molecule has 1 aliphatic carbocycles. The van der Waals surface area contributed by atoms with Crippen LogP contribution in [0.5, 0.6) is 11.5 Å². The van der Waals surface area contributed by atoms with Gasteiger partial charge in [0.25, 0.3) is 0 Å². The molecule has 1 unspecified atom stereocenters. The van der Waals surface area contributed by atoms with Crippen LogP contribution in [0.1, 0.15) is 38.2 Å². The van der Waals surface area contributed by atoms with Gasteiger partial charge in [0.1, 0.15) is 11.3 Å². The van der Waals surface area contributed by atoms with Crippen LogP contribution in [0.2, 0.25) is 0 Å². The largest absolute Gasteiger partial charge is 0.504 e. The van der Waals surface area contributed by atoms with Crippen LogP contribution in [0, 0.1) is 5.41 Å². The number of nitrogens with two attached hydrogens (primary N) is 1. The van der Waals surface area contributed by atoms with Crippen molar-refractivity contribution in [3.63, 3.8) is 0 Å². The zero-order valence-electron chi connectivity index (χ0n) is 15.8. The number of methoxy groups -OCH3 is 2. The summed E-state index contributed by atoms with van der Waals surface area (Å²) in [4.78, 5) is 25.4. The third-order valence-corrected chi connectivity index (χ3v) is 4.90. The first kappa shape index (κ1) is 18.8. The van der Waals surface area contributed by atoms with Gasteiger partial charge in [0.2, 0.25) is 5.88 Å². The minimum atomic E-state index is -0.751. The average Bonchev–Trinajstić information content (AvgIpc) is 2.59. The minimum Gasteiger partial charge on any atom is -0.504 e. The van der Waals surface area contributed by atoms with Crippen LogP contribution in [0.4, 0.5) is 0 Å². The highest BCUT2D eigenvalue weighted by atomic mass is 16.5. The van der Waals surface area contributed by atoms with Gasteiger partial charge >= 0.3 is 5.97 Å². The summed E-state index contributed by atoms with van der Waals surface area (Å²) < 4.78 is 15.8. The van der Waals surface area contributed by atoms with Gasteiger partial charge in [0.15, 0.2) is 17.3 Å². The van der Waals surface area contributed by atoms with Crippen LogP contribution in [0.15, 0.2) is 41.0 Å². The Kier molecular flexibility index (Phi) is 4.63. The molecule has 0 bridgehead atoms. The molecule has 3 N–H and O–H groups in total. The van der Waals surface area contributed by atoms with Gasteiger partial charge in [-0.2, -0.15) is 0 Å². The van der Waals surface area contributed by atoms with Gasteiger partial charge in [-0.25, -0.2) is 4.79 Å². The normalized spacial score (nSPS) is 21.5. The van der Waals surface area contributed by atoms with E-state index in [-0.39, 0.29) is 34.2 Å². The second kappa shape index (κ2) is 6.64. The van der Waals surface area contributed by atoms with Gasteiger partial charge in [0, 0.05) is 18.4 Å². The van der Waals surface area contributed by atoms with Crippen molar-refractivity contribution in [1.82, 2.24) is 0 Å². The lowest BCUT2D eigenvalue weighted by molar-refractivity contribution is -0.136. The first-order valence-corrected chi connectivity index (χ1v) is 8.57. The predicted molar refractivity (Wildman–Crippen MR) is 96.8 cm³/mol. The van der Waals surface area contributed by atoms with Gasteiger partial charge in [0.05, 0.1) is 20.1 Å². The Morgan fingerprint density at radius 1 is 1.30 bits per heavy atom. The molecule has 2 aliphatic rings. The van der Waals surface area contributed by atoms with E-state index in [0.29, 0.717) is 29.7 Å². The van der Waals surface area contributed by atoms with E-state index in [1.807, 2.05) is 13.8 Å². The Morgan fingerprint density at radius 3 is 2.63 bits per heavy atom. The summed E-state index contributed by atoms with van der Waals surface area (Å²) in [6.07, 6.45) is 0.851. The second-order valence-corrected chi connectivity index (χ2v) is 7.51. The first-order valence-electron chi connectivity index (χ1n) is 8.57. The zero-order valence-corrected chi connectivity index (χ0v) is 15.8. The molecule has 7 nitrogen and oxygen atoms in total. The number of aromatic hydroxyl groups is 1. The van der Waals surface area contributed by atoms with E-state index in [1.54, 1.807) is 12.1 Å². The summed E-state index contributed by atoms with van der Waals surface area (Å²) in [5.74, 6) is -0.954. The number of ketones is 1. The van der Waals surface area contributed by atoms with Crippen molar-refractivity contribution in [2.75, 3.05) is 14.2 Å². The Balaban J connectivity index is 2.22. The van der Waals surface area contributed by atoms with Crippen LogP contribution >= 0.6 is 0 Å². The smallest absolute Gasteiger partial charge is 0.340 e. The van der Waals surface area contributed by atoms with E-state index in [9.17, 15) is 14.7 Å². The van der Waals surface area contributed by atoms with Gasteiger partial charge in [-0.3, -0.25) is 4.79 Å². The number of rotatable bonds is 3. The molecule has 0 fully saturated rings. The number of esters is 1. The molecule has 1 aromatic rings. The number of hydrogen-bond donors (Lipinski definition) is 2. The average molecular weight is 373 g/mol. The standard InChI is InChI=1S/C20H23NO6/c1-20(2)8-12(23)16-14(9-20)27-18(21)17(19(24)26-4)15(16)10-5-6-11(22)13(7-10)25-3/h5-7,15,22H,8-9,21H2,1-4H3. The summed E-state index contributed by atoms with van der Waals surface area (Å²) >= 11 is 0. The number of ether oxygens (including phenoxy) is 3. The van der Waals surface area contributed by atoms with Crippen molar-refractivity contribution in [2.45, 2.75) is 32.6 Å². The second-order valence-electron chi connectivity index (χ2n) is 7.51. The highest BCUT2D eigenvalue weighted by Gasteiger charge is 2.45. The molecular weight excluding hydrogens is 350 g/mol. The van der Waals surface area contributed by atoms with E-state index >= 15 is 0 Å². The molecule has 1 aliphatic heterocycles. The highest BCUT2D eigenvalue weighted by molar-refractivity contribution is 6.03. The van der Waals surface area contributed by atoms with Crippen molar-refractivity contribution >= 4 is 11.8 Å². The fourth-order valence-corrected chi connectivity index (χ4v) is 3.70. The molecule has 27 heavy (non-hydrogen) atoms. The molecule has 0 aromatic heterocycles.